The van der Waals surface area contributed by atoms with E-state index in [-0.39, 0.29) is 29.9 Å². The van der Waals surface area contributed by atoms with Gasteiger partial charge in [0, 0.05) is 51.2 Å². The van der Waals surface area contributed by atoms with Gasteiger partial charge in [-0.25, -0.2) is 4.79 Å². The molecule has 0 bridgehead atoms. The number of nitro benzene ring substituents is 1. The number of likely N-dealkylation sites (N-methyl/N-ethyl adjacent to an activating group) is 1. The number of imide groups is 2. The number of anilines is 1. The van der Waals surface area contributed by atoms with E-state index in [9.17, 15) is 24.5 Å². The highest BCUT2D eigenvalue weighted by molar-refractivity contribution is 6.31. The Hall–Kier alpha value is -3.31. The van der Waals surface area contributed by atoms with Crippen molar-refractivity contribution >= 4 is 35.3 Å². The molecule has 1 saturated heterocycles. The monoisotopic (exact) mass is 462 g/mol. The molecule has 0 radical (unpaired) electrons. The van der Waals surface area contributed by atoms with Gasteiger partial charge in [-0.1, -0.05) is 13.8 Å². The van der Waals surface area contributed by atoms with Crippen LogP contribution < -0.4 is 10.2 Å². The molecule has 33 heavy (non-hydrogen) atoms. The molecule has 0 aromatic heterocycles. The first-order valence-corrected chi connectivity index (χ1v) is 10.5. The molecule has 0 atom stereocenters. The molecule has 180 valence electrons. The lowest BCUT2D eigenvalue weighted by molar-refractivity contribution is -0.384. The second-order valence-corrected chi connectivity index (χ2v) is 8.09. The summed E-state index contributed by atoms with van der Waals surface area (Å²) >= 11 is 0. The van der Waals surface area contributed by atoms with Crippen molar-refractivity contribution in [3.8, 4) is 0 Å². The summed E-state index contributed by atoms with van der Waals surface area (Å²) in [7, 11) is 4.69. The molecular formula is C22H30N4O7. The van der Waals surface area contributed by atoms with Gasteiger partial charge < -0.3 is 14.4 Å². The smallest absolute Gasteiger partial charge is 0.331 e. The van der Waals surface area contributed by atoms with Gasteiger partial charge in [0.05, 0.1) is 11.5 Å². The number of ether oxygens (including phenoxy) is 2. The van der Waals surface area contributed by atoms with Crippen LogP contribution in [0.1, 0.15) is 32.3 Å². The van der Waals surface area contributed by atoms with Crippen molar-refractivity contribution in [3.63, 3.8) is 0 Å². The zero-order chi connectivity index (χ0) is 24.7. The predicted molar refractivity (Wildman–Crippen MR) is 121 cm³/mol. The van der Waals surface area contributed by atoms with Crippen molar-refractivity contribution in [1.29, 1.82) is 0 Å². The first-order valence-electron chi connectivity index (χ1n) is 10.5. The van der Waals surface area contributed by atoms with E-state index in [0.717, 1.165) is 11.3 Å². The van der Waals surface area contributed by atoms with Crippen LogP contribution in [-0.2, 0) is 19.1 Å². The lowest BCUT2D eigenvalue weighted by Gasteiger charge is -2.28. The first kappa shape index (κ1) is 25.9. The van der Waals surface area contributed by atoms with Crippen molar-refractivity contribution in [2.45, 2.75) is 33.0 Å². The molecule has 1 fully saturated rings. The molecule has 2 rings (SSSR count). The van der Waals surface area contributed by atoms with Gasteiger partial charge in [0.15, 0.2) is 6.29 Å². The van der Waals surface area contributed by atoms with E-state index < -0.39 is 29.1 Å². The van der Waals surface area contributed by atoms with E-state index in [1.54, 1.807) is 11.9 Å². The van der Waals surface area contributed by atoms with Crippen LogP contribution >= 0.6 is 0 Å². The molecular weight excluding hydrogens is 432 g/mol. The number of urea groups is 1. The third kappa shape index (κ3) is 6.59. The van der Waals surface area contributed by atoms with Gasteiger partial charge in [-0.05, 0) is 30.9 Å². The van der Waals surface area contributed by atoms with Crippen LogP contribution in [0.15, 0.2) is 23.8 Å². The Bertz CT molecular complexity index is 941. The molecule has 1 aromatic rings. The quantitative estimate of drug-likeness (QED) is 0.174. The number of non-ortho nitro benzene ring substituents is 1. The Morgan fingerprint density at radius 2 is 1.88 bits per heavy atom. The third-order valence-electron chi connectivity index (χ3n) is 5.23. The van der Waals surface area contributed by atoms with Crippen LogP contribution in [0.3, 0.4) is 0 Å². The summed E-state index contributed by atoms with van der Waals surface area (Å²) in [5.74, 6) is -1.19. The van der Waals surface area contributed by atoms with E-state index in [2.05, 4.69) is 5.32 Å². The van der Waals surface area contributed by atoms with Crippen molar-refractivity contribution in [2.24, 2.45) is 5.92 Å². The number of benzene rings is 1. The summed E-state index contributed by atoms with van der Waals surface area (Å²) in [6, 6.07) is 3.34. The Balaban J connectivity index is 2.45. The van der Waals surface area contributed by atoms with Crippen molar-refractivity contribution in [2.75, 3.05) is 39.3 Å². The zero-order valence-corrected chi connectivity index (χ0v) is 19.5. The van der Waals surface area contributed by atoms with Crippen LogP contribution in [0.5, 0.6) is 0 Å². The predicted octanol–water partition coefficient (Wildman–Crippen LogP) is 2.55. The minimum Gasteiger partial charge on any atom is -0.369 e. The molecule has 1 N–H and O–H groups in total. The molecule has 4 amide bonds. The van der Waals surface area contributed by atoms with E-state index >= 15 is 0 Å². The van der Waals surface area contributed by atoms with Gasteiger partial charge in [-0.15, -0.1) is 0 Å². The Morgan fingerprint density at radius 3 is 2.45 bits per heavy atom. The number of nitrogens with one attached hydrogen (secondary N) is 1. The fourth-order valence-corrected chi connectivity index (χ4v) is 3.40. The molecule has 1 heterocycles. The van der Waals surface area contributed by atoms with E-state index in [0.29, 0.717) is 18.0 Å². The minimum atomic E-state index is -0.850. The lowest BCUT2D eigenvalue weighted by atomic mass is 10.0. The number of barbiturate groups is 1. The number of hydrogen-bond acceptors (Lipinski definition) is 8. The highest BCUT2D eigenvalue weighted by Gasteiger charge is 2.35. The second-order valence-electron chi connectivity index (χ2n) is 8.09. The standard InChI is InChI=1S/C22H30N4O7/c1-14(2)7-6-10-25-21(28)17(20(27)23-22(25)29)12-15-11-16(26(30)31)8-9-18(15)24(3)13-19(32-4)33-5/h8-9,11-12,14,19H,6-7,10,13H2,1-5H3,(H,23,27,29)/b17-12-. The second kappa shape index (κ2) is 11.5. The number of nitrogens with zero attached hydrogens (tertiary/aromatic N) is 3. The number of nitro groups is 1. The number of carbonyl (C=O) groups is 3. The van der Waals surface area contributed by atoms with Gasteiger partial charge in [-0.2, -0.15) is 0 Å². The van der Waals surface area contributed by atoms with Crippen molar-refractivity contribution in [1.82, 2.24) is 10.2 Å². The average Bonchev–Trinajstić information content (AvgIpc) is 2.76. The summed E-state index contributed by atoms with van der Waals surface area (Å²) in [5.41, 5.74) is 0.301. The number of hydrogen-bond donors (Lipinski definition) is 1. The maximum absolute atomic E-state index is 13.0. The van der Waals surface area contributed by atoms with Gasteiger partial charge in [0.25, 0.3) is 17.5 Å². The maximum atomic E-state index is 13.0. The highest BCUT2D eigenvalue weighted by Crippen LogP contribution is 2.28. The Labute approximate surface area is 192 Å². The molecule has 1 aliphatic rings. The van der Waals surface area contributed by atoms with Gasteiger partial charge in [0.1, 0.15) is 5.57 Å². The van der Waals surface area contributed by atoms with E-state index in [1.807, 2.05) is 13.8 Å². The average molecular weight is 463 g/mol. The molecule has 0 saturated carbocycles. The highest BCUT2D eigenvalue weighted by atomic mass is 16.7. The van der Waals surface area contributed by atoms with Crippen LogP contribution in [0.4, 0.5) is 16.2 Å². The van der Waals surface area contributed by atoms with Crippen LogP contribution in [-0.4, -0.2) is 68.3 Å². The lowest BCUT2D eigenvalue weighted by Crippen LogP contribution is -2.54. The van der Waals surface area contributed by atoms with Crippen LogP contribution in [0.25, 0.3) is 6.08 Å². The first-order chi connectivity index (χ1) is 15.6. The Morgan fingerprint density at radius 1 is 1.21 bits per heavy atom. The molecule has 1 aromatic carbocycles. The van der Waals surface area contributed by atoms with Gasteiger partial charge in [0.2, 0.25) is 0 Å². The number of carbonyl (C=O) groups excluding carboxylic acids is 3. The molecule has 0 unspecified atom stereocenters. The Kier molecular flexibility index (Phi) is 9.06. The molecule has 11 nitrogen and oxygen atoms in total. The fourth-order valence-electron chi connectivity index (χ4n) is 3.40. The maximum Gasteiger partial charge on any atom is 0.331 e. The summed E-state index contributed by atoms with van der Waals surface area (Å²) in [6.45, 7) is 4.51. The van der Waals surface area contributed by atoms with E-state index in [1.165, 1.54) is 38.5 Å². The SMILES string of the molecule is COC(CN(C)c1ccc([N+](=O)[O-])cc1/C=C1/C(=O)NC(=O)N(CCCC(C)C)C1=O)OC. The topological polar surface area (TPSA) is 131 Å². The van der Waals surface area contributed by atoms with Gasteiger partial charge >= 0.3 is 6.03 Å². The molecule has 0 aliphatic carbocycles. The van der Waals surface area contributed by atoms with Crippen molar-refractivity contribution < 1.29 is 28.8 Å². The molecule has 1 aliphatic heterocycles. The third-order valence-corrected chi connectivity index (χ3v) is 5.23. The largest absolute Gasteiger partial charge is 0.369 e. The number of rotatable bonds is 11. The van der Waals surface area contributed by atoms with Crippen molar-refractivity contribution in [3.05, 3.63) is 39.4 Å². The summed E-state index contributed by atoms with van der Waals surface area (Å²) in [5, 5.41) is 13.5. The van der Waals surface area contributed by atoms with Crippen LogP contribution in [0.2, 0.25) is 0 Å². The number of amides is 4. The number of methoxy groups -OCH3 is 2. The molecule has 11 heteroatoms. The fraction of sp³-hybridized carbons (Fsp3) is 0.500. The van der Waals surface area contributed by atoms with Gasteiger partial charge in [-0.3, -0.25) is 29.9 Å². The normalized spacial score (nSPS) is 15.5. The molecule has 0 spiro atoms. The zero-order valence-electron chi connectivity index (χ0n) is 19.5. The summed E-state index contributed by atoms with van der Waals surface area (Å²) in [6.07, 6.45) is 2.11. The minimum absolute atomic E-state index is 0.165. The summed E-state index contributed by atoms with van der Waals surface area (Å²) < 4.78 is 10.4. The van der Waals surface area contributed by atoms with E-state index in [4.69, 9.17) is 9.47 Å². The summed E-state index contributed by atoms with van der Waals surface area (Å²) in [4.78, 5) is 51.2. The van der Waals surface area contributed by atoms with Crippen LogP contribution in [0, 0.1) is 16.0 Å².